The van der Waals surface area contributed by atoms with Gasteiger partial charge in [0, 0.05) is 5.92 Å². The Labute approximate surface area is 110 Å². The molecule has 0 aliphatic carbocycles. The minimum Gasteiger partial charge on any atom is -0.633 e. The van der Waals surface area contributed by atoms with Crippen LogP contribution in [0.15, 0.2) is 18.2 Å². The third kappa shape index (κ3) is 3.24. The van der Waals surface area contributed by atoms with Crippen LogP contribution in [0.4, 0.5) is 0 Å². The van der Waals surface area contributed by atoms with Gasteiger partial charge >= 0.3 is 0 Å². The Morgan fingerprint density at radius 1 is 1.33 bits per heavy atom. The predicted molar refractivity (Wildman–Crippen MR) is 73.4 cm³/mol. The molecule has 1 aromatic rings. The summed E-state index contributed by atoms with van der Waals surface area (Å²) in [5, 5.41) is 12.0. The zero-order valence-electron chi connectivity index (χ0n) is 11.6. The summed E-state index contributed by atoms with van der Waals surface area (Å²) in [7, 11) is 1.77. The molecule has 0 spiro atoms. The summed E-state index contributed by atoms with van der Waals surface area (Å²) >= 11 is 0. The number of hydroxylamine groups is 3. The summed E-state index contributed by atoms with van der Waals surface area (Å²) in [5.74, 6) is 1.38. The van der Waals surface area contributed by atoms with Gasteiger partial charge in [-0.05, 0) is 37.8 Å². The minimum atomic E-state index is -0.110. The lowest BCUT2D eigenvalue weighted by atomic mass is 9.99. The molecule has 1 aliphatic heterocycles. The summed E-state index contributed by atoms with van der Waals surface area (Å²) < 4.78 is 5.84. The van der Waals surface area contributed by atoms with Crippen molar-refractivity contribution in [2.45, 2.75) is 26.7 Å². The third-order valence-corrected chi connectivity index (χ3v) is 3.76. The second kappa shape index (κ2) is 5.29. The Morgan fingerprint density at radius 3 is 2.61 bits per heavy atom. The maximum atomic E-state index is 12.0. The second-order valence-electron chi connectivity index (χ2n) is 5.74. The van der Waals surface area contributed by atoms with Gasteiger partial charge in [-0.3, -0.25) is 0 Å². The molecule has 0 saturated carbocycles. The Hall–Kier alpha value is -1.06. The lowest BCUT2D eigenvalue weighted by molar-refractivity contribution is -0.869. The van der Waals surface area contributed by atoms with E-state index in [0.29, 0.717) is 19.1 Å². The zero-order chi connectivity index (χ0) is 13.2. The normalized spacial score (nSPS) is 28.1. The molecule has 0 radical (unpaired) electrons. The molecular weight excluding hydrogens is 226 g/mol. The van der Waals surface area contributed by atoms with Crippen LogP contribution in [0.3, 0.4) is 0 Å². The van der Waals surface area contributed by atoms with Crippen LogP contribution < -0.4 is 4.74 Å². The van der Waals surface area contributed by atoms with Gasteiger partial charge in [-0.2, -0.15) is 0 Å². The number of likely N-dealkylation sites (tertiary alicyclic amines) is 1. The average Bonchev–Trinajstić information content (AvgIpc) is 2.27. The Balaban J connectivity index is 1.95. The van der Waals surface area contributed by atoms with Crippen molar-refractivity contribution < 1.29 is 9.38 Å². The molecule has 0 N–H and O–H groups in total. The second-order valence-corrected chi connectivity index (χ2v) is 5.74. The van der Waals surface area contributed by atoms with Crippen LogP contribution in [0.1, 0.15) is 24.0 Å². The number of para-hydroxylation sites is 1. The molecule has 1 fully saturated rings. The van der Waals surface area contributed by atoms with E-state index in [0.717, 1.165) is 25.1 Å². The number of rotatable bonds is 3. The van der Waals surface area contributed by atoms with Crippen LogP contribution in [0.2, 0.25) is 0 Å². The molecule has 100 valence electrons. The van der Waals surface area contributed by atoms with E-state index in [1.807, 2.05) is 6.07 Å². The predicted octanol–water partition coefficient (Wildman–Crippen LogP) is 3.04. The molecule has 1 saturated heterocycles. The topological polar surface area (TPSA) is 32.3 Å². The molecular formula is C15H23NO2. The highest BCUT2D eigenvalue weighted by Gasteiger charge is 2.25. The molecule has 0 aromatic heterocycles. The van der Waals surface area contributed by atoms with Gasteiger partial charge in [0.2, 0.25) is 0 Å². The Kier molecular flexibility index (Phi) is 3.93. The molecule has 2 rings (SSSR count). The molecule has 0 bridgehead atoms. The number of aryl methyl sites for hydroxylation is 2. The zero-order valence-corrected chi connectivity index (χ0v) is 11.6. The van der Waals surface area contributed by atoms with Gasteiger partial charge in [-0.15, -0.1) is 0 Å². The van der Waals surface area contributed by atoms with Crippen molar-refractivity contribution in [3.63, 3.8) is 0 Å². The van der Waals surface area contributed by atoms with Gasteiger partial charge in [0.1, 0.15) is 5.75 Å². The van der Waals surface area contributed by atoms with E-state index in [-0.39, 0.29) is 4.65 Å². The van der Waals surface area contributed by atoms with E-state index in [1.54, 1.807) is 7.05 Å². The standard InChI is InChI=1S/C15H23NO2/c1-12-6-4-7-13(2)15(12)18-11-14-8-5-9-16(3,17)10-14/h4,6-7,14H,5,8-11H2,1-3H3. The number of hydrogen-bond donors (Lipinski definition) is 0. The van der Waals surface area contributed by atoms with Crippen LogP contribution >= 0.6 is 0 Å². The first kappa shape index (κ1) is 13.4. The lowest BCUT2D eigenvalue weighted by Gasteiger charge is -2.44. The molecule has 1 heterocycles. The van der Waals surface area contributed by atoms with Crippen molar-refractivity contribution in [1.82, 2.24) is 0 Å². The van der Waals surface area contributed by atoms with Gasteiger partial charge in [0.05, 0.1) is 26.7 Å². The van der Waals surface area contributed by atoms with E-state index >= 15 is 0 Å². The molecule has 2 unspecified atom stereocenters. The lowest BCUT2D eigenvalue weighted by Crippen LogP contribution is -2.47. The van der Waals surface area contributed by atoms with Gasteiger partial charge in [-0.1, -0.05) is 18.2 Å². The molecule has 2 atom stereocenters. The fourth-order valence-corrected chi connectivity index (χ4v) is 2.81. The fourth-order valence-electron chi connectivity index (χ4n) is 2.81. The first-order valence-corrected chi connectivity index (χ1v) is 6.72. The smallest absolute Gasteiger partial charge is 0.125 e. The Morgan fingerprint density at radius 2 is 2.00 bits per heavy atom. The van der Waals surface area contributed by atoms with Gasteiger partial charge in [0.25, 0.3) is 0 Å². The molecule has 3 heteroatoms. The molecule has 0 amide bonds. The van der Waals surface area contributed by atoms with Crippen LogP contribution in [0.5, 0.6) is 5.75 Å². The number of piperidine rings is 1. The third-order valence-electron chi connectivity index (χ3n) is 3.76. The summed E-state index contributed by atoms with van der Waals surface area (Å²) in [6.45, 7) is 6.24. The van der Waals surface area contributed by atoms with Crippen molar-refractivity contribution in [2.24, 2.45) is 5.92 Å². The van der Waals surface area contributed by atoms with Crippen molar-refractivity contribution >= 4 is 0 Å². The SMILES string of the molecule is Cc1cccc(C)c1OCC1CCC[N+](C)([O-])C1. The van der Waals surface area contributed by atoms with Crippen molar-refractivity contribution in [2.75, 3.05) is 26.7 Å². The average molecular weight is 249 g/mol. The van der Waals surface area contributed by atoms with Crippen LogP contribution in [-0.4, -0.2) is 31.4 Å². The van der Waals surface area contributed by atoms with Crippen LogP contribution in [0, 0.1) is 25.0 Å². The number of quaternary nitrogens is 1. The van der Waals surface area contributed by atoms with E-state index in [4.69, 9.17) is 4.74 Å². The van der Waals surface area contributed by atoms with Gasteiger partial charge in [-0.25, -0.2) is 0 Å². The largest absolute Gasteiger partial charge is 0.633 e. The van der Waals surface area contributed by atoms with Gasteiger partial charge < -0.3 is 14.6 Å². The number of benzene rings is 1. The number of ether oxygens (including phenoxy) is 1. The Bertz CT molecular complexity index is 395. The van der Waals surface area contributed by atoms with Gasteiger partial charge in [0.15, 0.2) is 0 Å². The first-order chi connectivity index (χ1) is 8.48. The number of hydrogen-bond acceptors (Lipinski definition) is 2. The summed E-state index contributed by atoms with van der Waals surface area (Å²) in [5.41, 5.74) is 2.34. The molecule has 1 aliphatic rings. The maximum Gasteiger partial charge on any atom is 0.125 e. The molecule has 18 heavy (non-hydrogen) atoms. The van der Waals surface area contributed by atoms with E-state index in [9.17, 15) is 5.21 Å². The molecule has 1 aromatic carbocycles. The first-order valence-electron chi connectivity index (χ1n) is 6.72. The highest BCUT2D eigenvalue weighted by molar-refractivity contribution is 5.39. The maximum absolute atomic E-state index is 12.0. The van der Waals surface area contributed by atoms with Crippen molar-refractivity contribution in [3.8, 4) is 5.75 Å². The van der Waals surface area contributed by atoms with E-state index in [2.05, 4.69) is 26.0 Å². The van der Waals surface area contributed by atoms with Crippen molar-refractivity contribution in [1.29, 1.82) is 0 Å². The van der Waals surface area contributed by atoms with Crippen molar-refractivity contribution in [3.05, 3.63) is 34.5 Å². The minimum absolute atomic E-state index is 0.110. The summed E-state index contributed by atoms with van der Waals surface area (Å²) in [6, 6.07) is 6.18. The number of nitrogens with zero attached hydrogens (tertiary/aromatic N) is 1. The molecule has 3 nitrogen and oxygen atoms in total. The summed E-state index contributed by atoms with van der Waals surface area (Å²) in [6.07, 6.45) is 2.13. The monoisotopic (exact) mass is 249 g/mol. The van der Waals surface area contributed by atoms with E-state index in [1.165, 1.54) is 11.1 Å². The fraction of sp³-hybridized carbons (Fsp3) is 0.600. The quantitative estimate of drug-likeness (QED) is 0.609. The van der Waals surface area contributed by atoms with Crippen LogP contribution in [0.25, 0.3) is 0 Å². The summed E-state index contributed by atoms with van der Waals surface area (Å²) in [4.78, 5) is 0. The highest BCUT2D eigenvalue weighted by Crippen LogP contribution is 2.25. The highest BCUT2D eigenvalue weighted by atomic mass is 16.5. The van der Waals surface area contributed by atoms with E-state index < -0.39 is 0 Å². The van der Waals surface area contributed by atoms with Crippen LogP contribution in [-0.2, 0) is 0 Å².